The van der Waals surface area contributed by atoms with E-state index in [1.807, 2.05) is 6.07 Å². The predicted molar refractivity (Wildman–Crippen MR) is 138 cm³/mol. The fourth-order valence-electron chi connectivity index (χ4n) is 5.50. The molecule has 2 atom stereocenters. The third-order valence-electron chi connectivity index (χ3n) is 8.14. The van der Waals surface area contributed by atoms with Crippen LogP contribution in [0.25, 0.3) is 22.0 Å². The van der Waals surface area contributed by atoms with Crippen LogP contribution in [-0.2, 0) is 17.7 Å². The van der Waals surface area contributed by atoms with Crippen LogP contribution in [0.3, 0.4) is 0 Å². The van der Waals surface area contributed by atoms with Gasteiger partial charge >= 0.3 is 12.6 Å². The lowest BCUT2D eigenvalue weighted by Crippen LogP contribution is -2.53. The first-order chi connectivity index (χ1) is 17.7. The number of hydrogen-bond donors (Lipinski definition) is 0. The van der Waals surface area contributed by atoms with Crippen molar-refractivity contribution in [2.75, 3.05) is 20.2 Å². The van der Waals surface area contributed by atoms with Crippen LogP contribution in [0.4, 0.5) is 8.78 Å². The molecule has 1 saturated carbocycles. The lowest BCUT2D eigenvalue weighted by molar-refractivity contribution is -0.944. The van der Waals surface area contributed by atoms with Gasteiger partial charge in [0, 0.05) is 29.8 Å². The number of alkyl halides is 2. The molecule has 0 N–H and O–H groups in total. The summed E-state index contributed by atoms with van der Waals surface area (Å²) in [5.41, 5.74) is 3.36. The second-order valence-electron chi connectivity index (χ2n) is 10.4. The summed E-state index contributed by atoms with van der Waals surface area (Å²) in [6.45, 7) is 5.03. The minimum atomic E-state index is -3.07. The first kappa shape index (κ1) is 25.4. The molecule has 0 radical (unpaired) electrons. The Labute approximate surface area is 215 Å². The molecular weight excluding hydrogens is 478 g/mol. The molecule has 1 fully saturated rings. The maximum absolute atomic E-state index is 13.8. The number of esters is 1. The molecule has 0 spiro atoms. The van der Waals surface area contributed by atoms with Gasteiger partial charge in [-0.05, 0) is 62.9 Å². The van der Waals surface area contributed by atoms with Gasteiger partial charge in [-0.2, -0.15) is 8.78 Å². The molecule has 2 aromatic carbocycles. The fraction of sp³-hybridized carbons (Fsp3) is 0.448. The summed E-state index contributed by atoms with van der Waals surface area (Å²) >= 11 is 0. The van der Waals surface area contributed by atoms with Crippen LogP contribution in [0, 0.1) is 0 Å². The number of rotatable bonds is 7. The molecule has 0 saturated heterocycles. The number of quaternary nitrogens is 1. The molecule has 196 valence electrons. The lowest BCUT2D eigenvalue weighted by Gasteiger charge is -2.43. The Hall–Kier alpha value is -3.26. The average Bonchev–Trinajstić information content (AvgIpc) is 3.70. The van der Waals surface area contributed by atoms with E-state index in [1.165, 1.54) is 17.3 Å². The summed E-state index contributed by atoms with van der Waals surface area (Å²) in [6.07, 6.45) is 4.04. The Balaban J connectivity index is 1.72. The van der Waals surface area contributed by atoms with Crippen LogP contribution in [0.2, 0.25) is 0 Å². The zero-order valence-corrected chi connectivity index (χ0v) is 21.7. The number of benzene rings is 2. The van der Waals surface area contributed by atoms with Crippen molar-refractivity contribution >= 4 is 16.9 Å². The van der Waals surface area contributed by atoms with Crippen molar-refractivity contribution in [1.82, 2.24) is 4.57 Å². The number of ether oxygens (including phenoxy) is 2. The van der Waals surface area contributed by atoms with E-state index in [2.05, 4.69) is 33.0 Å². The zero-order chi connectivity index (χ0) is 26.5. The minimum absolute atomic E-state index is 0.000804. The number of halogens is 2. The van der Waals surface area contributed by atoms with Crippen molar-refractivity contribution in [3.8, 4) is 16.9 Å². The van der Waals surface area contributed by atoms with Crippen LogP contribution in [-0.4, -0.2) is 47.9 Å². The van der Waals surface area contributed by atoms with Gasteiger partial charge in [-0.1, -0.05) is 12.1 Å². The van der Waals surface area contributed by atoms with Crippen molar-refractivity contribution < 1.29 is 27.5 Å². The molecule has 6 nitrogen and oxygen atoms in total. The summed E-state index contributed by atoms with van der Waals surface area (Å²) in [5.74, 6) is -0.756. The molecule has 2 heterocycles. The monoisotopic (exact) mass is 511 g/mol. The highest BCUT2D eigenvalue weighted by atomic mass is 19.3. The predicted octanol–water partition coefficient (Wildman–Crippen LogP) is 5.69. The Morgan fingerprint density at radius 3 is 2.57 bits per heavy atom. The van der Waals surface area contributed by atoms with E-state index >= 15 is 0 Å². The highest BCUT2D eigenvalue weighted by Gasteiger charge is 2.34. The van der Waals surface area contributed by atoms with Gasteiger partial charge in [0.25, 0.3) is 0 Å². The van der Waals surface area contributed by atoms with Crippen LogP contribution in [0.1, 0.15) is 61.1 Å². The molecule has 5 rings (SSSR count). The Morgan fingerprint density at radius 1 is 1.16 bits per heavy atom. The normalized spacial score (nSPS) is 21.2. The van der Waals surface area contributed by atoms with Gasteiger partial charge in [-0.15, -0.1) is 0 Å². The third-order valence-corrected chi connectivity index (χ3v) is 8.14. The standard InChI is InChI=1S/C29H33F2N2O4/c1-5-33(4)16-20-14-19(8-7-18(20)13-17(33)3)22-11-12-23-25(27(22)37-29(30)31)32(21-9-10-21)15-24(26(23)34)28(35)36-6-2/h7-8,11-12,14-15,17,21,29H,5-6,9-10,13,16H2,1-4H3/q+1. The molecule has 0 bridgehead atoms. The number of fused-ring (bicyclic) bond motifs is 2. The number of pyridine rings is 1. The maximum atomic E-state index is 13.8. The fourth-order valence-corrected chi connectivity index (χ4v) is 5.50. The Kier molecular flexibility index (Phi) is 6.56. The second-order valence-corrected chi connectivity index (χ2v) is 10.4. The molecule has 0 amide bonds. The van der Waals surface area contributed by atoms with Gasteiger partial charge in [-0.25, -0.2) is 4.79 Å². The molecule has 1 aromatic heterocycles. The van der Waals surface area contributed by atoms with Gasteiger partial charge in [0.15, 0.2) is 5.75 Å². The van der Waals surface area contributed by atoms with E-state index < -0.39 is 18.0 Å². The van der Waals surface area contributed by atoms with Crippen LogP contribution < -0.4 is 10.2 Å². The summed E-state index contributed by atoms with van der Waals surface area (Å²) in [5, 5.41) is 0.166. The highest BCUT2D eigenvalue weighted by molar-refractivity contribution is 5.98. The second kappa shape index (κ2) is 9.56. The van der Waals surface area contributed by atoms with E-state index in [9.17, 15) is 18.4 Å². The topological polar surface area (TPSA) is 57.5 Å². The summed E-state index contributed by atoms with van der Waals surface area (Å²) in [4.78, 5) is 25.8. The number of carbonyl (C=O) groups is 1. The van der Waals surface area contributed by atoms with Gasteiger partial charge < -0.3 is 18.5 Å². The molecule has 2 aliphatic rings. The smallest absolute Gasteiger partial charge is 0.387 e. The molecule has 1 aliphatic carbocycles. The third kappa shape index (κ3) is 4.52. The first-order valence-corrected chi connectivity index (χ1v) is 13.0. The Bertz CT molecular complexity index is 1430. The molecule has 2 unspecified atom stereocenters. The summed E-state index contributed by atoms with van der Waals surface area (Å²) in [7, 11) is 2.25. The number of aromatic nitrogens is 1. The van der Waals surface area contributed by atoms with Crippen LogP contribution in [0.5, 0.6) is 5.75 Å². The minimum Gasteiger partial charge on any atom is -0.462 e. The van der Waals surface area contributed by atoms with Gasteiger partial charge in [0.1, 0.15) is 12.1 Å². The van der Waals surface area contributed by atoms with Crippen molar-refractivity contribution in [2.45, 2.75) is 65.3 Å². The summed E-state index contributed by atoms with van der Waals surface area (Å²) < 4.78 is 40.4. The maximum Gasteiger partial charge on any atom is 0.387 e. The first-order valence-electron chi connectivity index (χ1n) is 13.0. The number of likely N-dealkylation sites (N-methyl/N-ethyl adjacent to an activating group) is 1. The largest absolute Gasteiger partial charge is 0.462 e. The van der Waals surface area contributed by atoms with Crippen molar-refractivity contribution in [2.24, 2.45) is 0 Å². The van der Waals surface area contributed by atoms with Crippen molar-refractivity contribution in [3.63, 3.8) is 0 Å². The molecule has 1 aliphatic heterocycles. The van der Waals surface area contributed by atoms with E-state index in [-0.39, 0.29) is 29.3 Å². The Morgan fingerprint density at radius 2 is 1.92 bits per heavy atom. The number of carbonyl (C=O) groups excluding carboxylic acids is 1. The molecule has 3 aromatic rings. The number of nitrogens with zero attached hydrogens (tertiary/aromatic N) is 2. The highest BCUT2D eigenvalue weighted by Crippen LogP contribution is 2.44. The molecule has 8 heteroatoms. The van der Waals surface area contributed by atoms with Gasteiger partial charge in [-0.3, -0.25) is 4.79 Å². The SMILES string of the molecule is CCOC(=O)c1cn(C2CC2)c2c(OC(F)F)c(-c3ccc4c(c3)C[N+](C)(CC)C(C)C4)ccc2c1=O. The molecular formula is C29H33F2N2O4+. The van der Waals surface area contributed by atoms with Crippen LogP contribution >= 0.6 is 0 Å². The molecule has 37 heavy (non-hydrogen) atoms. The van der Waals surface area contributed by atoms with Crippen molar-refractivity contribution in [1.29, 1.82) is 0 Å². The number of hydrogen-bond acceptors (Lipinski definition) is 4. The van der Waals surface area contributed by atoms with E-state index in [4.69, 9.17) is 9.47 Å². The quantitative estimate of drug-likeness (QED) is 0.302. The van der Waals surface area contributed by atoms with Gasteiger partial charge in [0.2, 0.25) is 5.43 Å². The lowest BCUT2D eigenvalue weighted by atomic mass is 9.89. The van der Waals surface area contributed by atoms with E-state index in [1.54, 1.807) is 23.6 Å². The van der Waals surface area contributed by atoms with E-state index in [0.717, 1.165) is 42.4 Å². The van der Waals surface area contributed by atoms with Gasteiger partial charge in [0.05, 0.1) is 37.1 Å². The van der Waals surface area contributed by atoms with Crippen molar-refractivity contribution in [3.05, 3.63) is 63.4 Å². The average molecular weight is 512 g/mol. The van der Waals surface area contributed by atoms with Crippen LogP contribution in [0.15, 0.2) is 41.3 Å². The zero-order valence-electron chi connectivity index (χ0n) is 21.7. The summed E-state index contributed by atoms with van der Waals surface area (Å²) in [6, 6.07) is 9.84. The van der Waals surface area contributed by atoms with E-state index in [0.29, 0.717) is 17.1 Å².